The van der Waals surface area contributed by atoms with Crippen molar-refractivity contribution in [3.63, 3.8) is 0 Å². The van der Waals surface area contributed by atoms with Crippen molar-refractivity contribution in [3.8, 4) is 11.3 Å². The number of aromatic nitrogens is 3. The van der Waals surface area contributed by atoms with Gasteiger partial charge in [0, 0.05) is 24.4 Å². The van der Waals surface area contributed by atoms with E-state index in [2.05, 4.69) is 21.5 Å². The van der Waals surface area contributed by atoms with Gasteiger partial charge in [-0.15, -0.1) is 0 Å². The van der Waals surface area contributed by atoms with Crippen LogP contribution in [0.5, 0.6) is 0 Å². The lowest BCUT2D eigenvalue weighted by Crippen LogP contribution is -2.25. The summed E-state index contributed by atoms with van der Waals surface area (Å²) in [7, 11) is 0. The average molecular weight is 258 g/mol. The van der Waals surface area contributed by atoms with Gasteiger partial charge >= 0.3 is 0 Å². The fraction of sp³-hybridized carbons (Fsp3) is 0.429. The molecule has 100 valence electrons. The van der Waals surface area contributed by atoms with Crippen LogP contribution < -0.4 is 5.73 Å². The molecule has 0 spiro atoms. The van der Waals surface area contributed by atoms with E-state index in [1.165, 1.54) is 0 Å². The molecule has 2 aromatic heterocycles. The highest BCUT2D eigenvalue weighted by Gasteiger charge is 2.22. The van der Waals surface area contributed by atoms with Crippen LogP contribution in [0.3, 0.4) is 0 Å². The SMILES string of the molecule is CC1CC(n2cncc2-c2ccc(N)nc2)CCO1. The number of nitrogen functional groups attached to an aromatic ring is 1. The van der Waals surface area contributed by atoms with Crippen LogP contribution in [-0.4, -0.2) is 27.2 Å². The summed E-state index contributed by atoms with van der Waals surface area (Å²) in [6.45, 7) is 2.93. The molecule has 0 saturated carbocycles. The van der Waals surface area contributed by atoms with Crippen LogP contribution in [0.2, 0.25) is 0 Å². The average Bonchev–Trinajstić information content (AvgIpc) is 2.89. The van der Waals surface area contributed by atoms with Crippen molar-refractivity contribution < 1.29 is 4.74 Å². The minimum Gasteiger partial charge on any atom is -0.384 e. The molecule has 2 unspecified atom stereocenters. The highest BCUT2D eigenvalue weighted by molar-refractivity contribution is 5.59. The van der Waals surface area contributed by atoms with Crippen molar-refractivity contribution >= 4 is 5.82 Å². The van der Waals surface area contributed by atoms with E-state index in [0.29, 0.717) is 18.0 Å². The van der Waals surface area contributed by atoms with Gasteiger partial charge in [0.2, 0.25) is 0 Å². The maximum atomic E-state index is 5.63. The molecule has 0 bridgehead atoms. The smallest absolute Gasteiger partial charge is 0.123 e. The third-order valence-corrected chi connectivity index (χ3v) is 3.60. The molecule has 3 heterocycles. The summed E-state index contributed by atoms with van der Waals surface area (Å²) in [4.78, 5) is 8.43. The zero-order chi connectivity index (χ0) is 13.2. The first-order chi connectivity index (χ1) is 9.24. The Morgan fingerprint density at radius 2 is 2.26 bits per heavy atom. The minimum atomic E-state index is 0.304. The van der Waals surface area contributed by atoms with E-state index in [1.54, 1.807) is 6.20 Å². The van der Waals surface area contributed by atoms with Gasteiger partial charge in [0.1, 0.15) is 5.82 Å². The number of hydrogen-bond donors (Lipinski definition) is 1. The molecule has 1 saturated heterocycles. The van der Waals surface area contributed by atoms with E-state index in [1.807, 2.05) is 24.7 Å². The molecule has 3 rings (SSSR count). The Labute approximate surface area is 112 Å². The predicted molar refractivity (Wildman–Crippen MR) is 73.6 cm³/mol. The molecule has 1 aliphatic heterocycles. The number of hydrogen-bond acceptors (Lipinski definition) is 4. The predicted octanol–water partition coefficient (Wildman–Crippen LogP) is 2.27. The second-order valence-corrected chi connectivity index (χ2v) is 5.02. The fourth-order valence-electron chi connectivity index (χ4n) is 2.60. The van der Waals surface area contributed by atoms with Crippen molar-refractivity contribution in [2.45, 2.75) is 31.9 Å². The van der Waals surface area contributed by atoms with Crippen LogP contribution in [0.1, 0.15) is 25.8 Å². The van der Waals surface area contributed by atoms with Crippen molar-refractivity contribution in [1.82, 2.24) is 14.5 Å². The standard InChI is InChI=1S/C14H18N4O/c1-10-6-12(4-5-19-10)18-9-16-8-13(18)11-2-3-14(15)17-7-11/h2-3,7-10,12H,4-6H2,1H3,(H2,15,17). The third kappa shape index (κ3) is 2.46. The van der Waals surface area contributed by atoms with Crippen molar-refractivity contribution in [2.24, 2.45) is 0 Å². The van der Waals surface area contributed by atoms with Gasteiger partial charge in [0.15, 0.2) is 0 Å². The van der Waals surface area contributed by atoms with Gasteiger partial charge in [-0.3, -0.25) is 0 Å². The molecule has 0 aromatic carbocycles. The third-order valence-electron chi connectivity index (χ3n) is 3.60. The van der Waals surface area contributed by atoms with Gasteiger partial charge in [0.25, 0.3) is 0 Å². The lowest BCUT2D eigenvalue weighted by Gasteiger charge is -2.29. The molecule has 2 N–H and O–H groups in total. The Balaban J connectivity index is 1.91. The van der Waals surface area contributed by atoms with Gasteiger partial charge in [-0.05, 0) is 31.9 Å². The van der Waals surface area contributed by atoms with Gasteiger partial charge in [-0.1, -0.05) is 0 Å². The van der Waals surface area contributed by atoms with E-state index in [4.69, 9.17) is 10.5 Å². The zero-order valence-electron chi connectivity index (χ0n) is 11.0. The number of nitrogens with two attached hydrogens (primary N) is 1. The van der Waals surface area contributed by atoms with E-state index in [9.17, 15) is 0 Å². The summed E-state index contributed by atoms with van der Waals surface area (Å²) in [5.74, 6) is 0.537. The molecule has 5 heteroatoms. The van der Waals surface area contributed by atoms with E-state index >= 15 is 0 Å². The molecule has 19 heavy (non-hydrogen) atoms. The van der Waals surface area contributed by atoms with E-state index in [0.717, 1.165) is 30.7 Å². The van der Waals surface area contributed by atoms with Gasteiger partial charge in [-0.25, -0.2) is 9.97 Å². The summed E-state index contributed by atoms with van der Waals surface area (Å²) < 4.78 is 7.83. The molecule has 1 aliphatic rings. The summed E-state index contributed by atoms with van der Waals surface area (Å²) in [5, 5.41) is 0. The number of pyridine rings is 1. The van der Waals surface area contributed by atoms with Crippen molar-refractivity contribution in [2.75, 3.05) is 12.3 Å². The highest BCUT2D eigenvalue weighted by Crippen LogP contribution is 2.30. The lowest BCUT2D eigenvalue weighted by atomic mass is 10.0. The van der Waals surface area contributed by atoms with Crippen molar-refractivity contribution in [3.05, 3.63) is 30.9 Å². The number of ether oxygens (including phenoxy) is 1. The second-order valence-electron chi connectivity index (χ2n) is 5.02. The fourth-order valence-corrected chi connectivity index (χ4v) is 2.60. The topological polar surface area (TPSA) is 66.0 Å². The van der Waals surface area contributed by atoms with Crippen LogP contribution in [0, 0.1) is 0 Å². The maximum absolute atomic E-state index is 5.63. The molecule has 0 radical (unpaired) electrons. The first-order valence-electron chi connectivity index (χ1n) is 6.59. The normalized spacial score (nSPS) is 23.4. The Morgan fingerprint density at radius 3 is 3.00 bits per heavy atom. The Morgan fingerprint density at radius 1 is 1.37 bits per heavy atom. The van der Waals surface area contributed by atoms with Gasteiger partial charge in [-0.2, -0.15) is 0 Å². The first-order valence-corrected chi connectivity index (χ1v) is 6.59. The summed E-state index contributed by atoms with van der Waals surface area (Å²) in [6, 6.07) is 4.25. The Bertz CT molecular complexity index is 549. The molecular formula is C14H18N4O. The number of rotatable bonds is 2. The number of nitrogens with zero attached hydrogens (tertiary/aromatic N) is 3. The highest BCUT2D eigenvalue weighted by atomic mass is 16.5. The molecule has 0 amide bonds. The monoisotopic (exact) mass is 258 g/mol. The summed E-state index contributed by atoms with van der Waals surface area (Å²) >= 11 is 0. The van der Waals surface area contributed by atoms with E-state index < -0.39 is 0 Å². The Kier molecular flexibility index (Phi) is 3.21. The summed E-state index contributed by atoms with van der Waals surface area (Å²) in [6.07, 6.45) is 7.92. The van der Waals surface area contributed by atoms with Crippen LogP contribution in [0.25, 0.3) is 11.3 Å². The molecule has 2 atom stereocenters. The largest absolute Gasteiger partial charge is 0.384 e. The van der Waals surface area contributed by atoms with Crippen LogP contribution in [0.15, 0.2) is 30.9 Å². The van der Waals surface area contributed by atoms with Crippen LogP contribution in [0.4, 0.5) is 5.82 Å². The Hall–Kier alpha value is -1.88. The molecular weight excluding hydrogens is 240 g/mol. The molecule has 2 aromatic rings. The lowest BCUT2D eigenvalue weighted by molar-refractivity contribution is 0.00624. The van der Waals surface area contributed by atoms with Crippen LogP contribution >= 0.6 is 0 Å². The minimum absolute atomic E-state index is 0.304. The van der Waals surface area contributed by atoms with E-state index in [-0.39, 0.29) is 0 Å². The van der Waals surface area contributed by atoms with Crippen molar-refractivity contribution in [1.29, 1.82) is 0 Å². The molecule has 1 fully saturated rings. The zero-order valence-corrected chi connectivity index (χ0v) is 11.0. The molecule has 5 nitrogen and oxygen atoms in total. The van der Waals surface area contributed by atoms with Crippen LogP contribution in [-0.2, 0) is 4.74 Å². The number of imidazole rings is 1. The quantitative estimate of drug-likeness (QED) is 0.897. The summed E-state index contributed by atoms with van der Waals surface area (Å²) in [5.41, 5.74) is 7.77. The maximum Gasteiger partial charge on any atom is 0.123 e. The second kappa shape index (κ2) is 5.01. The first kappa shape index (κ1) is 12.2. The van der Waals surface area contributed by atoms with Gasteiger partial charge < -0.3 is 15.0 Å². The van der Waals surface area contributed by atoms with Gasteiger partial charge in [0.05, 0.1) is 24.3 Å². The molecule has 0 aliphatic carbocycles. The number of anilines is 1.